The molecule has 170 valence electrons. The number of sulfonamides is 1. The Labute approximate surface area is 186 Å². The van der Waals surface area contributed by atoms with E-state index < -0.39 is 33.4 Å². The number of ether oxygens (including phenoxy) is 1. The van der Waals surface area contributed by atoms with Crippen LogP contribution in [0.5, 0.6) is 0 Å². The minimum Gasteiger partial charge on any atom is -0.358 e. The molecule has 2 aromatic rings. The van der Waals surface area contributed by atoms with Crippen LogP contribution >= 0.6 is 0 Å². The molecule has 0 aromatic heterocycles. The number of carbonyl (C=O) groups excluding carboxylic acids is 2. The molecule has 2 amide bonds. The highest BCUT2D eigenvalue weighted by atomic mass is 32.2. The molecule has 0 saturated carbocycles. The Morgan fingerprint density at radius 2 is 1.75 bits per heavy atom. The van der Waals surface area contributed by atoms with Gasteiger partial charge in [0.1, 0.15) is 11.5 Å². The number of benzene rings is 2. The van der Waals surface area contributed by atoms with Gasteiger partial charge < -0.3 is 15.0 Å². The van der Waals surface area contributed by atoms with Gasteiger partial charge in [0.25, 0.3) is 0 Å². The fraction of sp³-hybridized carbons (Fsp3) is 0.364. The van der Waals surface area contributed by atoms with E-state index in [1.54, 1.807) is 25.1 Å². The minimum atomic E-state index is -3.76. The molecule has 1 N–H and O–H groups in total. The first-order valence-corrected chi connectivity index (χ1v) is 11.8. The Balaban J connectivity index is 1.43. The zero-order valence-electron chi connectivity index (χ0n) is 17.6. The molecule has 4 rings (SSSR count). The number of carbonyl (C=O) groups is 2. The van der Waals surface area contributed by atoms with Crippen molar-refractivity contribution in [1.29, 1.82) is 0 Å². The molecule has 10 heteroatoms. The first kappa shape index (κ1) is 22.4. The summed E-state index contributed by atoms with van der Waals surface area (Å²) >= 11 is 0. The number of aryl methyl sites for hydroxylation is 1. The number of nitrogens with zero attached hydrogens (tertiary/aromatic N) is 2. The number of amides is 2. The lowest BCUT2D eigenvalue weighted by Crippen LogP contribution is -2.56. The number of rotatable bonds is 3. The third kappa shape index (κ3) is 4.13. The van der Waals surface area contributed by atoms with Gasteiger partial charge in [-0.15, -0.1) is 0 Å². The first-order valence-electron chi connectivity index (χ1n) is 10.3. The molecule has 2 heterocycles. The van der Waals surface area contributed by atoms with Crippen LogP contribution in [0.2, 0.25) is 0 Å². The number of likely N-dealkylation sites (tertiary alicyclic amines) is 1. The largest absolute Gasteiger partial charge is 0.358 e. The number of hydrogen-bond acceptors (Lipinski definition) is 5. The summed E-state index contributed by atoms with van der Waals surface area (Å²) in [5.41, 5.74) is -0.413. The second-order valence-corrected chi connectivity index (χ2v) is 9.76. The van der Waals surface area contributed by atoms with Gasteiger partial charge in [-0.25, -0.2) is 12.8 Å². The first-order chi connectivity index (χ1) is 15.2. The summed E-state index contributed by atoms with van der Waals surface area (Å²) in [6, 6.07) is 12.3. The maximum atomic E-state index is 13.7. The highest BCUT2D eigenvalue weighted by Crippen LogP contribution is 2.38. The number of hydrogen-bond donors (Lipinski definition) is 1. The standard InChI is InChI=1S/C22H24FN3O5S/c1-16-7-8-17(15-19(16)23)24-20(27)21(28)25-11-9-22(10-12-25)26(13-14-31-22)32(29,30)18-5-3-2-4-6-18/h2-8,15H,9-14H2,1H3,(H,24,27). The van der Waals surface area contributed by atoms with Crippen molar-refractivity contribution in [3.8, 4) is 0 Å². The van der Waals surface area contributed by atoms with Crippen molar-refractivity contribution in [3.05, 3.63) is 59.9 Å². The van der Waals surface area contributed by atoms with E-state index in [1.807, 2.05) is 0 Å². The highest BCUT2D eigenvalue weighted by Gasteiger charge is 2.51. The van der Waals surface area contributed by atoms with Crippen LogP contribution in [0.1, 0.15) is 18.4 Å². The zero-order chi connectivity index (χ0) is 22.9. The molecule has 0 unspecified atom stereocenters. The van der Waals surface area contributed by atoms with Crippen LogP contribution in [0.4, 0.5) is 10.1 Å². The molecular weight excluding hydrogens is 437 g/mol. The van der Waals surface area contributed by atoms with E-state index in [9.17, 15) is 22.4 Å². The average Bonchev–Trinajstić information content (AvgIpc) is 3.20. The van der Waals surface area contributed by atoms with Gasteiger partial charge in [-0.2, -0.15) is 4.31 Å². The van der Waals surface area contributed by atoms with E-state index in [2.05, 4.69) is 5.32 Å². The molecule has 2 aromatic carbocycles. The van der Waals surface area contributed by atoms with Gasteiger partial charge in [-0.3, -0.25) is 9.59 Å². The van der Waals surface area contributed by atoms with E-state index in [0.29, 0.717) is 5.56 Å². The van der Waals surface area contributed by atoms with E-state index in [1.165, 1.54) is 33.5 Å². The Morgan fingerprint density at radius 1 is 1.06 bits per heavy atom. The maximum Gasteiger partial charge on any atom is 0.313 e. The predicted octanol–water partition coefficient (Wildman–Crippen LogP) is 2.11. The average molecular weight is 462 g/mol. The summed E-state index contributed by atoms with van der Waals surface area (Å²) in [5, 5.41) is 2.41. The van der Waals surface area contributed by atoms with Crippen LogP contribution in [0.15, 0.2) is 53.4 Å². The number of piperidine rings is 1. The zero-order valence-corrected chi connectivity index (χ0v) is 18.4. The van der Waals surface area contributed by atoms with Crippen molar-refractivity contribution < 1.29 is 27.1 Å². The maximum absolute atomic E-state index is 13.7. The van der Waals surface area contributed by atoms with Gasteiger partial charge in [0, 0.05) is 38.2 Å². The van der Waals surface area contributed by atoms with Gasteiger partial charge in [0.05, 0.1) is 11.5 Å². The summed E-state index contributed by atoms with van der Waals surface area (Å²) in [6.45, 7) is 2.41. The molecule has 0 bridgehead atoms. The fourth-order valence-corrected chi connectivity index (χ4v) is 5.85. The lowest BCUT2D eigenvalue weighted by molar-refractivity contribution is -0.148. The number of anilines is 1. The molecule has 0 atom stereocenters. The van der Waals surface area contributed by atoms with Crippen molar-refractivity contribution in [2.24, 2.45) is 0 Å². The van der Waals surface area contributed by atoms with Crippen LogP contribution in [0.3, 0.4) is 0 Å². The molecule has 0 aliphatic carbocycles. The van der Waals surface area contributed by atoms with Gasteiger partial charge in [-0.1, -0.05) is 24.3 Å². The lowest BCUT2D eigenvalue weighted by Gasteiger charge is -2.42. The summed E-state index contributed by atoms with van der Waals surface area (Å²) in [6.07, 6.45) is 0.495. The molecule has 2 fully saturated rings. The molecule has 32 heavy (non-hydrogen) atoms. The molecular formula is C22H24FN3O5S. The molecule has 1 spiro atoms. The molecule has 2 saturated heterocycles. The quantitative estimate of drug-likeness (QED) is 0.707. The lowest BCUT2D eigenvalue weighted by atomic mass is 10.0. The fourth-order valence-electron chi connectivity index (χ4n) is 4.10. The van der Waals surface area contributed by atoms with Crippen LogP contribution in [-0.4, -0.2) is 61.4 Å². The smallest absolute Gasteiger partial charge is 0.313 e. The Hall–Kier alpha value is -2.82. The van der Waals surface area contributed by atoms with E-state index >= 15 is 0 Å². The topological polar surface area (TPSA) is 96.0 Å². The second kappa shape index (κ2) is 8.61. The molecule has 2 aliphatic heterocycles. The summed E-state index contributed by atoms with van der Waals surface area (Å²) in [4.78, 5) is 26.5. The number of nitrogens with one attached hydrogen (secondary N) is 1. The van der Waals surface area contributed by atoms with Crippen LogP contribution in [0, 0.1) is 12.7 Å². The van der Waals surface area contributed by atoms with E-state index in [4.69, 9.17) is 4.74 Å². The van der Waals surface area contributed by atoms with Gasteiger partial charge in [0.2, 0.25) is 10.0 Å². The van der Waals surface area contributed by atoms with Crippen molar-refractivity contribution in [3.63, 3.8) is 0 Å². The van der Waals surface area contributed by atoms with Gasteiger partial charge >= 0.3 is 11.8 Å². The monoisotopic (exact) mass is 461 g/mol. The van der Waals surface area contributed by atoms with Crippen molar-refractivity contribution in [2.45, 2.75) is 30.4 Å². The van der Waals surface area contributed by atoms with E-state index in [0.717, 1.165) is 6.07 Å². The Kier molecular flexibility index (Phi) is 6.02. The van der Waals surface area contributed by atoms with Crippen LogP contribution in [0.25, 0.3) is 0 Å². The van der Waals surface area contributed by atoms with E-state index in [-0.39, 0.29) is 49.7 Å². The second-order valence-electron chi connectivity index (χ2n) is 7.90. The summed E-state index contributed by atoms with van der Waals surface area (Å²) in [7, 11) is -3.76. The van der Waals surface area contributed by atoms with Crippen LogP contribution < -0.4 is 5.32 Å². The Morgan fingerprint density at radius 3 is 2.41 bits per heavy atom. The third-order valence-electron chi connectivity index (χ3n) is 5.91. The van der Waals surface area contributed by atoms with Crippen molar-refractivity contribution in [2.75, 3.05) is 31.6 Å². The van der Waals surface area contributed by atoms with Gasteiger partial charge in [-0.05, 0) is 36.8 Å². The third-order valence-corrected chi connectivity index (χ3v) is 7.87. The van der Waals surface area contributed by atoms with Crippen LogP contribution in [-0.2, 0) is 24.3 Å². The predicted molar refractivity (Wildman–Crippen MR) is 115 cm³/mol. The minimum absolute atomic E-state index is 0.162. The van der Waals surface area contributed by atoms with Gasteiger partial charge in [0.15, 0.2) is 0 Å². The normalized spacial score (nSPS) is 18.6. The number of halogens is 1. The Bertz CT molecular complexity index is 1130. The SMILES string of the molecule is Cc1ccc(NC(=O)C(=O)N2CCC3(CC2)OCCN3S(=O)(=O)c2ccccc2)cc1F. The highest BCUT2D eigenvalue weighted by molar-refractivity contribution is 7.89. The molecule has 8 nitrogen and oxygen atoms in total. The molecule has 0 radical (unpaired) electrons. The summed E-state index contributed by atoms with van der Waals surface area (Å²) in [5.74, 6) is -2.10. The summed E-state index contributed by atoms with van der Waals surface area (Å²) < 4.78 is 47.3. The van der Waals surface area contributed by atoms with Crippen molar-refractivity contribution >= 4 is 27.5 Å². The molecule has 2 aliphatic rings. The van der Waals surface area contributed by atoms with Crippen molar-refractivity contribution in [1.82, 2.24) is 9.21 Å².